The van der Waals surface area contributed by atoms with Crippen LogP contribution in [0.2, 0.25) is 0 Å². The van der Waals surface area contributed by atoms with Crippen molar-refractivity contribution in [2.75, 3.05) is 6.54 Å². The van der Waals surface area contributed by atoms with Gasteiger partial charge in [0.2, 0.25) is 0 Å². The maximum absolute atomic E-state index is 10.8. The van der Waals surface area contributed by atoms with Gasteiger partial charge in [-0.2, -0.15) is 4.99 Å². The Morgan fingerprint density at radius 1 is 1.64 bits per heavy atom. The van der Waals surface area contributed by atoms with Crippen molar-refractivity contribution in [2.45, 2.75) is 0 Å². The standard InChI is InChI=1S/C7H5BrN2O/c8-5-1-2-10-4-7(11)9-6(10)3-5/h1-3H,4H2. The van der Waals surface area contributed by atoms with E-state index in [-0.39, 0.29) is 5.91 Å². The Morgan fingerprint density at radius 2 is 2.45 bits per heavy atom. The number of hydrogen-bond donors (Lipinski definition) is 0. The average molecular weight is 213 g/mol. The second kappa shape index (κ2) is 2.30. The zero-order chi connectivity index (χ0) is 7.84. The van der Waals surface area contributed by atoms with E-state index in [9.17, 15) is 4.79 Å². The summed E-state index contributed by atoms with van der Waals surface area (Å²) in [5, 5.41) is 0. The van der Waals surface area contributed by atoms with E-state index in [1.165, 1.54) is 0 Å². The average Bonchev–Trinajstić information content (AvgIpc) is 2.27. The summed E-state index contributed by atoms with van der Waals surface area (Å²) in [5.74, 6) is 0.646. The van der Waals surface area contributed by atoms with Crippen molar-refractivity contribution >= 4 is 27.7 Å². The minimum Gasteiger partial charge on any atom is -0.323 e. The number of fused-ring (bicyclic) bond motifs is 1. The normalized spacial score (nSPS) is 21.5. The fourth-order valence-corrected chi connectivity index (χ4v) is 1.35. The highest BCUT2D eigenvalue weighted by Gasteiger charge is 2.21. The molecule has 2 heterocycles. The molecule has 4 heteroatoms. The number of allylic oxidation sites excluding steroid dienone is 2. The molecule has 0 aromatic heterocycles. The Labute approximate surface area is 72.2 Å². The molecule has 0 bridgehead atoms. The van der Waals surface area contributed by atoms with E-state index >= 15 is 0 Å². The topological polar surface area (TPSA) is 32.7 Å². The molecule has 56 valence electrons. The number of nitrogens with zero attached hydrogens (tertiary/aromatic N) is 2. The van der Waals surface area contributed by atoms with Gasteiger partial charge in [-0.1, -0.05) is 15.9 Å². The Bertz CT molecular complexity index is 301. The molecule has 0 aliphatic carbocycles. The number of aliphatic imine (C=N–C) groups is 1. The zero-order valence-corrected chi connectivity index (χ0v) is 7.21. The predicted octanol–water partition coefficient (Wildman–Crippen LogP) is 1.03. The summed E-state index contributed by atoms with van der Waals surface area (Å²) >= 11 is 3.30. The minimum atomic E-state index is -0.0805. The number of rotatable bonds is 0. The van der Waals surface area contributed by atoms with Crippen LogP contribution in [0.15, 0.2) is 27.8 Å². The molecule has 2 aliphatic heterocycles. The summed E-state index contributed by atoms with van der Waals surface area (Å²) in [6.45, 7) is 0.378. The summed E-state index contributed by atoms with van der Waals surface area (Å²) in [6, 6.07) is 0. The number of amides is 1. The third kappa shape index (κ3) is 1.14. The summed E-state index contributed by atoms with van der Waals surface area (Å²) in [7, 11) is 0. The number of amidine groups is 1. The van der Waals surface area contributed by atoms with Gasteiger partial charge >= 0.3 is 0 Å². The van der Waals surface area contributed by atoms with Crippen LogP contribution in [-0.4, -0.2) is 23.2 Å². The van der Waals surface area contributed by atoms with E-state index in [0.29, 0.717) is 6.54 Å². The van der Waals surface area contributed by atoms with Crippen LogP contribution in [0.1, 0.15) is 0 Å². The van der Waals surface area contributed by atoms with E-state index in [1.807, 2.05) is 23.3 Å². The maximum atomic E-state index is 10.8. The molecule has 0 N–H and O–H groups in total. The highest BCUT2D eigenvalue weighted by molar-refractivity contribution is 9.11. The fourth-order valence-electron chi connectivity index (χ4n) is 1.03. The van der Waals surface area contributed by atoms with Gasteiger partial charge in [-0.3, -0.25) is 4.79 Å². The minimum absolute atomic E-state index is 0.0805. The quantitative estimate of drug-likeness (QED) is 0.602. The monoisotopic (exact) mass is 212 g/mol. The van der Waals surface area contributed by atoms with Crippen LogP contribution in [0.3, 0.4) is 0 Å². The highest BCUT2D eigenvalue weighted by Crippen LogP contribution is 2.17. The molecular formula is C7H5BrN2O. The first-order valence-corrected chi connectivity index (χ1v) is 3.98. The molecule has 0 atom stereocenters. The number of hydrogen-bond acceptors (Lipinski definition) is 2. The second-order valence-electron chi connectivity index (χ2n) is 2.34. The molecule has 0 aromatic carbocycles. The maximum Gasteiger partial charge on any atom is 0.267 e. The molecule has 0 radical (unpaired) electrons. The first-order chi connectivity index (χ1) is 5.25. The first-order valence-electron chi connectivity index (χ1n) is 3.19. The third-order valence-corrected chi connectivity index (χ3v) is 2.01. The molecular weight excluding hydrogens is 208 g/mol. The van der Waals surface area contributed by atoms with Gasteiger partial charge in [-0.05, 0) is 12.2 Å². The van der Waals surface area contributed by atoms with Gasteiger partial charge in [-0.15, -0.1) is 0 Å². The van der Waals surface area contributed by atoms with Crippen molar-refractivity contribution in [2.24, 2.45) is 4.99 Å². The molecule has 3 nitrogen and oxygen atoms in total. The molecule has 2 rings (SSSR count). The van der Waals surface area contributed by atoms with Crippen LogP contribution in [0.25, 0.3) is 0 Å². The molecule has 1 amide bonds. The lowest BCUT2D eigenvalue weighted by molar-refractivity contribution is -0.116. The summed E-state index contributed by atoms with van der Waals surface area (Å²) in [6.07, 6.45) is 5.55. The fraction of sp³-hybridized carbons (Fsp3) is 0.143. The van der Waals surface area contributed by atoms with Crippen LogP contribution in [0.4, 0.5) is 0 Å². The van der Waals surface area contributed by atoms with Crippen molar-refractivity contribution in [3.05, 3.63) is 22.8 Å². The zero-order valence-electron chi connectivity index (χ0n) is 5.62. The molecule has 11 heavy (non-hydrogen) atoms. The second-order valence-corrected chi connectivity index (χ2v) is 3.25. The highest BCUT2D eigenvalue weighted by atomic mass is 79.9. The van der Waals surface area contributed by atoms with Crippen molar-refractivity contribution in [3.63, 3.8) is 0 Å². The van der Waals surface area contributed by atoms with Crippen LogP contribution in [-0.2, 0) is 4.79 Å². The smallest absolute Gasteiger partial charge is 0.267 e. The first kappa shape index (κ1) is 6.79. The lowest BCUT2D eigenvalue weighted by Crippen LogP contribution is -2.22. The lowest BCUT2D eigenvalue weighted by Gasteiger charge is -2.14. The van der Waals surface area contributed by atoms with Gasteiger partial charge < -0.3 is 4.90 Å². The van der Waals surface area contributed by atoms with Crippen LogP contribution < -0.4 is 0 Å². The molecule has 2 aliphatic rings. The molecule has 0 unspecified atom stereocenters. The summed E-state index contributed by atoms with van der Waals surface area (Å²) < 4.78 is 0.946. The van der Waals surface area contributed by atoms with Crippen LogP contribution in [0, 0.1) is 0 Å². The molecule has 0 fully saturated rings. The lowest BCUT2D eigenvalue weighted by atomic mass is 10.3. The van der Waals surface area contributed by atoms with E-state index in [4.69, 9.17) is 0 Å². The number of carbonyl (C=O) groups is 1. The van der Waals surface area contributed by atoms with E-state index < -0.39 is 0 Å². The largest absolute Gasteiger partial charge is 0.323 e. The van der Waals surface area contributed by atoms with Gasteiger partial charge in [0.1, 0.15) is 12.4 Å². The molecule has 0 saturated carbocycles. The SMILES string of the molecule is O=C1CN2C=CC(Br)=CC2=N1. The molecule has 0 spiro atoms. The van der Waals surface area contributed by atoms with Crippen LogP contribution in [0.5, 0.6) is 0 Å². The van der Waals surface area contributed by atoms with Gasteiger partial charge in [0, 0.05) is 10.7 Å². The summed E-state index contributed by atoms with van der Waals surface area (Å²) in [4.78, 5) is 16.4. The van der Waals surface area contributed by atoms with Crippen molar-refractivity contribution < 1.29 is 4.79 Å². The molecule has 0 saturated heterocycles. The number of halogens is 1. The van der Waals surface area contributed by atoms with Crippen molar-refractivity contribution in [1.29, 1.82) is 0 Å². The van der Waals surface area contributed by atoms with E-state index in [0.717, 1.165) is 10.3 Å². The Balaban J connectivity index is 2.38. The Morgan fingerprint density at radius 3 is 3.27 bits per heavy atom. The predicted molar refractivity (Wildman–Crippen MR) is 45.3 cm³/mol. The van der Waals surface area contributed by atoms with Gasteiger partial charge in [0.25, 0.3) is 5.91 Å². The Kier molecular flexibility index (Phi) is 1.42. The van der Waals surface area contributed by atoms with Gasteiger partial charge in [0.15, 0.2) is 0 Å². The van der Waals surface area contributed by atoms with E-state index in [2.05, 4.69) is 20.9 Å². The third-order valence-electron chi connectivity index (χ3n) is 1.52. The Hall–Kier alpha value is -0.900. The van der Waals surface area contributed by atoms with Crippen LogP contribution >= 0.6 is 15.9 Å². The summed E-state index contributed by atoms with van der Waals surface area (Å²) in [5.41, 5.74) is 0. The van der Waals surface area contributed by atoms with E-state index in [1.54, 1.807) is 0 Å². The molecule has 0 aromatic rings. The van der Waals surface area contributed by atoms with Crippen molar-refractivity contribution in [3.8, 4) is 0 Å². The van der Waals surface area contributed by atoms with Gasteiger partial charge in [-0.25, -0.2) is 0 Å². The van der Waals surface area contributed by atoms with Crippen molar-refractivity contribution in [1.82, 2.24) is 4.90 Å². The number of carbonyl (C=O) groups excluding carboxylic acids is 1. The van der Waals surface area contributed by atoms with Gasteiger partial charge in [0.05, 0.1) is 0 Å².